The van der Waals surface area contributed by atoms with E-state index in [9.17, 15) is 4.79 Å². The van der Waals surface area contributed by atoms with Crippen molar-refractivity contribution in [2.75, 3.05) is 13.1 Å². The lowest BCUT2D eigenvalue weighted by Crippen LogP contribution is -2.54. The number of piperidine rings is 1. The lowest BCUT2D eigenvalue weighted by molar-refractivity contribution is 0.210. The maximum absolute atomic E-state index is 11.6. The number of pyridine rings is 1. The Labute approximate surface area is 106 Å². The standard InChI is InChI=1S/C11H14ClN2O.ClH/c12-11(15)14(8-2-1-3-9-14)10-4-6-13-7-5-10;/h4-7H,1-3,8-9H2;1H/q+1;. The van der Waals surface area contributed by atoms with Crippen molar-refractivity contribution < 1.29 is 4.79 Å². The van der Waals surface area contributed by atoms with Crippen LogP contribution < -0.4 is 4.48 Å². The number of likely N-dealkylation sites (tertiary alicyclic amines) is 1. The van der Waals surface area contributed by atoms with Gasteiger partial charge < -0.3 is 0 Å². The maximum atomic E-state index is 11.6. The van der Waals surface area contributed by atoms with Crippen molar-refractivity contribution in [3.63, 3.8) is 0 Å². The molecule has 0 aromatic carbocycles. The monoisotopic (exact) mass is 261 g/mol. The van der Waals surface area contributed by atoms with Crippen molar-refractivity contribution in [2.45, 2.75) is 19.3 Å². The molecule has 1 aromatic heterocycles. The first-order chi connectivity index (χ1) is 7.26. The summed E-state index contributed by atoms with van der Waals surface area (Å²) in [5, 5.41) is -0.277. The summed E-state index contributed by atoms with van der Waals surface area (Å²) in [5.74, 6) is 0. The smallest absolute Gasteiger partial charge is 0.264 e. The number of halogens is 2. The van der Waals surface area contributed by atoms with E-state index in [1.54, 1.807) is 12.4 Å². The van der Waals surface area contributed by atoms with Gasteiger partial charge in [0.1, 0.15) is 5.69 Å². The molecule has 0 bridgehead atoms. The van der Waals surface area contributed by atoms with Gasteiger partial charge in [0, 0.05) is 36.1 Å². The molecule has 0 aliphatic carbocycles. The van der Waals surface area contributed by atoms with Crippen LogP contribution in [0.2, 0.25) is 0 Å². The topological polar surface area (TPSA) is 30.0 Å². The van der Waals surface area contributed by atoms with Gasteiger partial charge in [-0.05, 0) is 19.3 Å². The van der Waals surface area contributed by atoms with Crippen LogP contribution in [0.15, 0.2) is 24.5 Å². The molecular weight excluding hydrogens is 247 g/mol. The molecule has 0 N–H and O–H groups in total. The number of hydrogen-bond donors (Lipinski definition) is 0. The van der Waals surface area contributed by atoms with Crippen LogP contribution in [-0.4, -0.2) is 23.4 Å². The molecule has 0 unspecified atom stereocenters. The summed E-state index contributed by atoms with van der Waals surface area (Å²) in [7, 11) is 0. The highest BCUT2D eigenvalue weighted by Crippen LogP contribution is 2.29. The van der Waals surface area contributed by atoms with Crippen LogP contribution in [0.4, 0.5) is 10.5 Å². The van der Waals surface area contributed by atoms with Gasteiger partial charge in [0.15, 0.2) is 0 Å². The maximum Gasteiger partial charge on any atom is 0.416 e. The first-order valence-corrected chi connectivity index (χ1v) is 5.61. The second-order valence-corrected chi connectivity index (χ2v) is 4.26. The third kappa shape index (κ3) is 2.37. The Morgan fingerprint density at radius 3 is 2.25 bits per heavy atom. The van der Waals surface area contributed by atoms with Gasteiger partial charge in [0.25, 0.3) is 0 Å². The van der Waals surface area contributed by atoms with Gasteiger partial charge in [-0.25, -0.2) is 9.28 Å². The Morgan fingerprint density at radius 2 is 1.75 bits per heavy atom. The van der Waals surface area contributed by atoms with Crippen LogP contribution in [-0.2, 0) is 0 Å². The van der Waals surface area contributed by atoms with Crippen molar-refractivity contribution in [1.29, 1.82) is 0 Å². The molecule has 88 valence electrons. The molecule has 1 aliphatic rings. The van der Waals surface area contributed by atoms with Gasteiger partial charge in [-0.15, -0.1) is 12.4 Å². The zero-order valence-electron chi connectivity index (χ0n) is 8.93. The van der Waals surface area contributed by atoms with Gasteiger partial charge in [0.05, 0.1) is 13.1 Å². The van der Waals surface area contributed by atoms with Crippen molar-refractivity contribution in [3.05, 3.63) is 24.5 Å². The summed E-state index contributed by atoms with van der Waals surface area (Å²) in [6, 6.07) is 3.76. The second-order valence-electron chi connectivity index (χ2n) is 3.93. The van der Waals surface area contributed by atoms with Gasteiger partial charge >= 0.3 is 5.37 Å². The highest BCUT2D eigenvalue weighted by atomic mass is 35.5. The number of rotatable bonds is 1. The predicted molar refractivity (Wildman–Crippen MR) is 68.1 cm³/mol. The number of quaternary nitrogens is 1. The van der Waals surface area contributed by atoms with Crippen molar-refractivity contribution >= 4 is 35.1 Å². The molecule has 1 aliphatic heterocycles. The molecule has 1 amide bonds. The molecule has 5 heteroatoms. The Bertz CT molecular complexity index is 350. The lowest BCUT2D eigenvalue weighted by Gasteiger charge is -2.36. The molecule has 3 nitrogen and oxygen atoms in total. The van der Waals surface area contributed by atoms with E-state index in [2.05, 4.69) is 4.98 Å². The summed E-state index contributed by atoms with van der Waals surface area (Å²) in [6.07, 6.45) is 6.73. The van der Waals surface area contributed by atoms with Gasteiger partial charge in [-0.1, -0.05) is 0 Å². The minimum absolute atomic E-state index is 0. The molecule has 2 rings (SSSR count). The van der Waals surface area contributed by atoms with E-state index >= 15 is 0 Å². The number of nitrogens with zero attached hydrogens (tertiary/aromatic N) is 2. The summed E-state index contributed by atoms with van der Waals surface area (Å²) in [4.78, 5) is 15.6. The van der Waals surface area contributed by atoms with E-state index in [1.165, 1.54) is 6.42 Å². The Kier molecular flexibility index (Phi) is 4.71. The Hall–Kier alpha value is -0.640. The van der Waals surface area contributed by atoms with E-state index < -0.39 is 0 Å². The van der Waals surface area contributed by atoms with Crippen LogP contribution >= 0.6 is 24.0 Å². The summed E-state index contributed by atoms with van der Waals surface area (Å²) < 4.78 is 0.282. The molecule has 1 saturated heterocycles. The largest absolute Gasteiger partial charge is 0.416 e. The van der Waals surface area contributed by atoms with Crippen LogP contribution in [0.25, 0.3) is 0 Å². The fourth-order valence-corrected chi connectivity index (χ4v) is 2.48. The van der Waals surface area contributed by atoms with Crippen molar-refractivity contribution in [2.24, 2.45) is 0 Å². The molecule has 1 aromatic rings. The van der Waals surface area contributed by atoms with E-state index in [-0.39, 0.29) is 22.3 Å². The summed E-state index contributed by atoms with van der Waals surface area (Å²) in [5.41, 5.74) is 0.963. The summed E-state index contributed by atoms with van der Waals surface area (Å²) >= 11 is 5.76. The van der Waals surface area contributed by atoms with Crippen LogP contribution in [0.5, 0.6) is 0 Å². The lowest BCUT2D eigenvalue weighted by atomic mass is 10.1. The minimum atomic E-state index is -0.277. The number of carbonyl (C=O) groups is 1. The average Bonchev–Trinajstić information content (AvgIpc) is 2.31. The SMILES string of the molecule is Cl.O=C(Cl)[N+]1(c2ccncc2)CCCCC1. The minimum Gasteiger partial charge on any atom is -0.264 e. The Morgan fingerprint density at radius 1 is 1.19 bits per heavy atom. The van der Waals surface area contributed by atoms with Crippen molar-refractivity contribution in [3.8, 4) is 0 Å². The van der Waals surface area contributed by atoms with Crippen LogP contribution in [0, 0.1) is 0 Å². The fraction of sp³-hybridized carbons (Fsp3) is 0.455. The normalized spacial score (nSPS) is 18.6. The van der Waals surface area contributed by atoms with Crippen molar-refractivity contribution in [1.82, 2.24) is 9.47 Å². The molecule has 0 radical (unpaired) electrons. The highest BCUT2D eigenvalue weighted by molar-refractivity contribution is 6.64. The zero-order chi connectivity index (χ0) is 10.7. The van der Waals surface area contributed by atoms with E-state index in [0.29, 0.717) is 0 Å². The predicted octanol–water partition coefficient (Wildman–Crippen LogP) is 3.35. The van der Waals surface area contributed by atoms with E-state index in [4.69, 9.17) is 11.6 Å². The average molecular weight is 262 g/mol. The first kappa shape index (κ1) is 13.4. The number of hydrogen-bond acceptors (Lipinski definition) is 2. The first-order valence-electron chi connectivity index (χ1n) is 5.23. The van der Waals surface area contributed by atoms with E-state index in [0.717, 1.165) is 31.6 Å². The number of amides is 1. The van der Waals surface area contributed by atoms with Gasteiger partial charge in [-0.2, -0.15) is 0 Å². The molecule has 0 atom stereocenters. The molecule has 1 fully saturated rings. The number of aromatic nitrogens is 1. The van der Waals surface area contributed by atoms with E-state index in [1.807, 2.05) is 12.1 Å². The molecule has 16 heavy (non-hydrogen) atoms. The Balaban J connectivity index is 0.00000128. The third-order valence-corrected chi connectivity index (χ3v) is 3.40. The quantitative estimate of drug-likeness (QED) is 0.441. The second kappa shape index (κ2) is 5.62. The fourth-order valence-electron chi connectivity index (χ4n) is 2.22. The van der Waals surface area contributed by atoms with Gasteiger partial charge in [-0.3, -0.25) is 4.98 Å². The highest BCUT2D eigenvalue weighted by Gasteiger charge is 2.39. The molecule has 2 heterocycles. The molecule has 0 saturated carbocycles. The van der Waals surface area contributed by atoms with Gasteiger partial charge in [0.2, 0.25) is 0 Å². The summed E-state index contributed by atoms with van der Waals surface area (Å²) in [6.45, 7) is 1.62. The molecule has 0 spiro atoms. The van der Waals surface area contributed by atoms with Crippen LogP contribution in [0.1, 0.15) is 19.3 Å². The van der Waals surface area contributed by atoms with Crippen LogP contribution in [0.3, 0.4) is 0 Å². The third-order valence-electron chi connectivity index (χ3n) is 3.07. The zero-order valence-corrected chi connectivity index (χ0v) is 10.5. The number of carbonyl (C=O) groups excluding carboxylic acids is 1. The molecular formula is C11H15Cl2N2O+.